The first-order valence-corrected chi connectivity index (χ1v) is 5.71. The number of benzene rings is 2. The number of para-hydroxylation sites is 1. The molecule has 0 heterocycles. The standard InChI is InChI=1S/C15H15NO2/c1-18-13-10-6-5-9-12(13)14(15(16)17)11-7-3-2-4-8-11/h2-10,14H,1H3,(H2,16,17). The molecule has 0 aliphatic rings. The summed E-state index contributed by atoms with van der Waals surface area (Å²) in [4.78, 5) is 11.7. The Balaban J connectivity index is 2.52. The zero-order valence-electron chi connectivity index (χ0n) is 10.2. The van der Waals surface area contributed by atoms with E-state index in [1.54, 1.807) is 7.11 Å². The van der Waals surface area contributed by atoms with Crippen LogP contribution < -0.4 is 10.5 Å². The third-order valence-electron chi connectivity index (χ3n) is 2.87. The lowest BCUT2D eigenvalue weighted by Crippen LogP contribution is -2.22. The molecule has 0 bridgehead atoms. The molecule has 18 heavy (non-hydrogen) atoms. The number of carbonyl (C=O) groups is 1. The summed E-state index contributed by atoms with van der Waals surface area (Å²) in [5.41, 5.74) is 7.19. The summed E-state index contributed by atoms with van der Waals surface area (Å²) in [6.07, 6.45) is 0. The summed E-state index contributed by atoms with van der Waals surface area (Å²) in [7, 11) is 1.59. The van der Waals surface area contributed by atoms with Crippen LogP contribution in [-0.4, -0.2) is 13.0 Å². The van der Waals surface area contributed by atoms with Gasteiger partial charge in [0.05, 0.1) is 13.0 Å². The molecule has 2 rings (SSSR count). The summed E-state index contributed by atoms with van der Waals surface area (Å²) in [5, 5.41) is 0. The summed E-state index contributed by atoms with van der Waals surface area (Å²) in [6.45, 7) is 0. The molecule has 0 spiro atoms. The van der Waals surface area contributed by atoms with Gasteiger partial charge in [0.1, 0.15) is 5.75 Å². The number of carbonyl (C=O) groups excluding carboxylic acids is 1. The lowest BCUT2D eigenvalue weighted by Gasteiger charge is -2.17. The van der Waals surface area contributed by atoms with Gasteiger partial charge in [-0.15, -0.1) is 0 Å². The molecule has 0 aliphatic carbocycles. The van der Waals surface area contributed by atoms with Crippen LogP contribution in [-0.2, 0) is 4.79 Å². The van der Waals surface area contributed by atoms with E-state index in [0.717, 1.165) is 11.1 Å². The van der Waals surface area contributed by atoms with E-state index >= 15 is 0 Å². The number of primary amides is 1. The fourth-order valence-corrected chi connectivity index (χ4v) is 2.05. The first kappa shape index (κ1) is 12.2. The third kappa shape index (κ3) is 2.35. The smallest absolute Gasteiger partial charge is 0.229 e. The molecule has 0 radical (unpaired) electrons. The van der Waals surface area contributed by atoms with E-state index in [9.17, 15) is 4.79 Å². The highest BCUT2D eigenvalue weighted by Crippen LogP contribution is 2.31. The van der Waals surface area contributed by atoms with Gasteiger partial charge in [0.25, 0.3) is 0 Å². The van der Waals surface area contributed by atoms with Crippen LogP contribution >= 0.6 is 0 Å². The topological polar surface area (TPSA) is 52.3 Å². The summed E-state index contributed by atoms with van der Waals surface area (Å²) in [5.74, 6) is -0.196. The van der Waals surface area contributed by atoms with Gasteiger partial charge in [-0.3, -0.25) is 4.79 Å². The van der Waals surface area contributed by atoms with Crippen LogP contribution in [0.1, 0.15) is 17.0 Å². The van der Waals surface area contributed by atoms with E-state index in [4.69, 9.17) is 10.5 Å². The Morgan fingerprint density at radius 1 is 1.06 bits per heavy atom. The largest absolute Gasteiger partial charge is 0.496 e. The maximum absolute atomic E-state index is 11.7. The van der Waals surface area contributed by atoms with Crippen molar-refractivity contribution < 1.29 is 9.53 Å². The highest BCUT2D eigenvalue weighted by atomic mass is 16.5. The van der Waals surface area contributed by atoms with Crippen LogP contribution in [0.25, 0.3) is 0 Å². The second kappa shape index (κ2) is 5.36. The van der Waals surface area contributed by atoms with Gasteiger partial charge in [-0.2, -0.15) is 0 Å². The van der Waals surface area contributed by atoms with E-state index in [1.807, 2.05) is 54.6 Å². The lowest BCUT2D eigenvalue weighted by atomic mass is 9.90. The number of hydrogen-bond donors (Lipinski definition) is 1. The van der Waals surface area contributed by atoms with Crippen LogP contribution in [0.15, 0.2) is 54.6 Å². The van der Waals surface area contributed by atoms with E-state index in [-0.39, 0.29) is 5.91 Å². The minimum absolute atomic E-state index is 0.384. The maximum atomic E-state index is 11.7. The van der Waals surface area contributed by atoms with Gasteiger partial charge >= 0.3 is 0 Å². The van der Waals surface area contributed by atoms with E-state index in [1.165, 1.54) is 0 Å². The molecule has 1 amide bonds. The van der Waals surface area contributed by atoms with Gasteiger partial charge in [0, 0.05) is 5.56 Å². The van der Waals surface area contributed by atoms with Gasteiger partial charge in [0.15, 0.2) is 0 Å². The Hall–Kier alpha value is -2.29. The lowest BCUT2D eigenvalue weighted by molar-refractivity contribution is -0.118. The highest BCUT2D eigenvalue weighted by molar-refractivity contribution is 5.86. The second-order valence-electron chi connectivity index (χ2n) is 3.99. The van der Waals surface area contributed by atoms with Gasteiger partial charge in [-0.05, 0) is 11.6 Å². The van der Waals surface area contributed by atoms with Crippen LogP contribution in [0.5, 0.6) is 5.75 Å². The highest BCUT2D eigenvalue weighted by Gasteiger charge is 2.22. The van der Waals surface area contributed by atoms with Gasteiger partial charge in [0.2, 0.25) is 5.91 Å². The zero-order valence-corrected chi connectivity index (χ0v) is 10.2. The van der Waals surface area contributed by atoms with Crippen molar-refractivity contribution in [3.63, 3.8) is 0 Å². The quantitative estimate of drug-likeness (QED) is 0.893. The van der Waals surface area contributed by atoms with Crippen molar-refractivity contribution in [1.82, 2.24) is 0 Å². The molecule has 0 saturated heterocycles. The van der Waals surface area contributed by atoms with E-state index < -0.39 is 5.92 Å². The minimum atomic E-state index is -0.484. The van der Waals surface area contributed by atoms with Crippen LogP contribution in [0.2, 0.25) is 0 Å². The van der Waals surface area contributed by atoms with Crippen molar-refractivity contribution in [3.8, 4) is 5.75 Å². The Kier molecular flexibility index (Phi) is 3.63. The fourth-order valence-electron chi connectivity index (χ4n) is 2.05. The fraction of sp³-hybridized carbons (Fsp3) is 0.133. The molecule has 2 aromatic carbocycles. The van der Waals surface area contributed by atoms with Crippen molar-refractivity contribution in [2.24, 2.45) is 5.73 Å². The van der Waals surface area contributed by atoms with Gasteiger partial charge in [-0.25, -0.2) is 0 Å². The number of nitrogens with two attached hydrogens (primary N) is 1. The average molecular weight is 241 g/mol. The van der Waals surface area contributed by atoms with Crippen molar-refractivity contribution in [2.75, 3.05) is 7.11 Å². The molecule has 92 valence electrons. The molecule has 1 atom stereocenters. The third-order valence-corrected chi connectivity index (χ3v) is 2.87. The van der Waals surface area contributed by atoms with Crippen molar-refractivity contribution in [2.45, 2.75) is 5.92 Å². The molecule has 3 nitrogen and oxygen atoms in total. The number of rotatable bonds is 4. The van der Waals surface area contributed by atoms with Crippen molar-refractivity contribution in [3.05, 3.63) is 65.7 Å². The Labute approximate surface area is 106 Å². The second-order valence-corrected chi connectivity index (χ2v) is 3.99. The molecule has 0 aliphatic heterocycles. The first-order chi connectivity index (χ1) is 8.74. The predicted molar refractivity (Wildman–Crippen MR) is 70.5 cm³/mol. The molecule has 1 unspecified atom stereocenters. The summed E-state index contributed by atoms with van der Waals surface area (Å²) >= 11 is 0. The number of amides is 1. The molecule has 2 aromatic rings. The molecule has 3 heteroatoms. The Morgan fingerprint density at radius 2 is 1.67 bits per heavy atom. The first-order valence-electron chi connectivity index (χ1n) is 5.71. The van der Waals surface area contributed by atoms with E-state index in [0.29, 0.717) is 5.75 Å². The number of methoxy groups -OCH3 is 1. The minimum Gasteiger partial charge on any atom is -0.496 e. The molecule has 0 fully saturated rings. The Bertz CT molecular complexity index is 537. The summed E-state index contributed by atoms with van der Waals surface area (Å²) in [6, 6.07) is 16.9. The zero-order chi connectivity index (χ0) is 13.0. The number of hydrogen-bond acceptors (Lipinski definition) is 2. The molecule has 2 N–H and O–H groups in total. The van der Waals surface area contributed by atoms with Crippen LogP contribution in [0.4, 0.5) is 0 Å². The van der Waals surface area contributed by atoms with Crippen molar-refractivity contribution in [1.29, 1.82) is 0 Å². The molecular weight excluding hydrogens is 226 g/mol. The predicted octanol–water partition coefficient (Wildman–Crippen LogP) is 2.31. The van der Waals surface area contributed by atoms with Crippen molar-refractivity contribution >= 4 is 5.91 Å². The molecule has 0 aromatic heterocycles. The SMILES string of the molecule is COc1ccccc1C(C(N)=O)c1ccccc1. The normalized spacial score (nSPS) is 11.8. The van der Waals surface area contributed by atoms with Gasteiger partial charge in [-0.1, -0.05) is 48.5 Å². The van der Waals surface area contributed by atoms with Gasteiger partial charge < -0.3 is 10.5 Å². The average Bonchev–Trinajstić information content (AvgIpc) is 2.40. The molecule has 0 saturated carbocycles. The number of ether oxygens (including phenoxy) is 1. The monoisotopic (exact) mass is 241 g/mol. The Morgan fingerprint density at radius 3 is 2.28 bits per heavy atom. The molecular formula is C15H15NO2. The van der Waals surface area contributed by atoms with E-state index in [2.05, 4.69) is 0 Å². The maximum Gasteiger partial charge on any atom is 0.229 e. The van der Waals surface area contributed by atoms with Crippen LogP contribution in [0.3, 0.4) is 0 Å². The van der Waals surface area contributed by atoms with Crippen LogP contribution in [0, 0.1) is 0 Å². The summed E-state index contributed by atoms with van der Waals surface area (Å²) < 4.78 is 5.29.